The van der Waals surface area contributed by atoms with Crippen LogP contribution in [0.2, 0.25) is 0 Å². The van der Waals surface area contributed by atoms with Crippen molar-refractivity contribution in [3.05, 3.63) is 29.8 Å². The molecule has 0 saturated carbocycles. The second-order valence-electron chi connectivity index (χ2n) is 3.33. The van der Waals surface area contributed by atoms with Crippen LogP contribution >= 0.6 is 0 Å². The molecule has 2 nitrogen and oxygen atoms in total. The number of ether oxygens (including phenoxy) is 1. The summed E-state index contributed by atoms with van der Waals surface area (Å²) in [4.78, 5) is 0. The molecule has 0 saturated heterocycles. The maximum Gasteiger partial charge on any atom is 0.418 e. The fourth-order valence-electron chi connectivity index (χ4n) is 1.23. The van der Waals surface area contributed by atoms with E-state index in [2.05, 4.69) is 0 Å². The van der Waals surface area contributed by atoms with Crippen molar-refractivity contribution < 1.29 is 23.0 Å². The minimum atomic E-state index is -4.67. The van der Waals surface area contributed by atoms with Crippen molar-refractivity contribution in [2.24, 2.45) is 0 Å². The average Bonchev–Trinajstić information content (AvgIpc) is 2.24. The molecule has 0 aliphatic carbocycles. The van der Waals surface area contributed by atoms with Gasteiger partial charge < -0.3 is 9.84 Å². The molecular formula is C11H13F3O2. The van der Waals surface area contributed by atoms with Gasteiger partial charge in [0.15, 0.2) is 6.10 Å². The highest BCUT2D eigenvalue weighted by Crippen LogP contribution is 2.36. The lowest BCUT2D eigenvalue weighted by Crippen LogP contribution is -2.21. The van der Waals surface area contributed by atoms with Crippen LogP contribution in [0.25, 0.3) is 0 Å². The van der Waals surface area contributed by atoms with E-state index in [1.54, 1.807) is 6.07 Å². The van der Waals surface area contributed by atoms with Crippen molar-refractivity contribution in [2.45, 2.75) is 25.6 Å². The predicted molar refractivity (Wildman–Crippen MR) is 53.2 cm³/mol. The molecule has 0 radical (unpaired) electrons. The molecule has 0 aromatic heterocycles. The van der Waals surface area contributed by atoms with Gasteiger partial charge in [-0.05, 0) is 12.5 Å². The normalized spacial score (nSPS) is 13.6. The highest BCUT2D eigenvalue weighted by Gasteiger charge is 2.40. The molecule has 90 valence electrons. The molecule has 0 aliphatic heterocycles. The van der Waals surface area contributed by atoms with E-state index in [0.29, 0.717) is 13.0 Å². The van der Waals surface area contributed by atoms with Crippen LogP contribution in [0.4, 0.5) is 13.2 Å². The van der Waals surface area contributed by atoms with Gasteiger partial charge in [0.1, 0.15) is 5.75 Å². The molecular weight excluding hydrogens is 221 g/mol. The van der Waals surface area contributed by atoms with Gasteiger partial charge in [0, 0.05) is 5.56 Å². The van der Waals surface area contributed by atoms with Crippen molar-refractivity contribution >= 4 is 0 Å². The Bertz CT molecular complexity index is 336. The summed E-state index contributed by atoms with van der Waals surface area (Å²) in [5, 5.41) is 9.13. The number of hydrogen-bond donors (Lipinski definition) is 1. The highest BCUT2D eigenvalue weighted by atomic mass is 19.4. The van der Waals surface area contributed by atoms with Crippen LogP contribution in [0, 0.1) is 0 Å². The fourth-order valence-corrected chi connectivity index (χ4v) is 1.23. The Morgan fingerprint density at radius 2 is 1.94 bits per heavy atom. The molecule has 5 heteroatoms. The maximum absolute atomic E-state index is 12.3. The van der Waals surface area contributed by atoms with Crippen LogP contribution in [0.1, 0.15) is 25.0 Å². The Morgan fingerprint density at radius 1 is 1.31 bits per heavy atom. The van der Waals surface area contributed by atoms with E-state index >= 15 is 0 Å². The van der Waals surface area contributed by atoms with Gasteiger partial charge in [0.05, 0.1) is 6.61 Å². The van der Waals surface area contributed by atoms with Crippen LogP contribution in [0.5, 0.6) is 5.75 Å². The molecule has 1 aromatic rings. The monoisotopic (exact) mass is 234 g/mol. The van der Waals surface area contributed by atoms with E-state index in [-0.39, 0.29) is 11.3 Å². The van der Waals surface area contributed by atoms with Crippen LogP contribution in [0.15, 0.2) is 24.3 Å². The summed E-state index contributed by atoms with van der Waals surface area (Å²) in [5.41, 5.74) is -0.247. The Kier molecular flexibility index (Phi) is 4.18. The second-order valence-corrected chi connectivity index (χ2v) is 3.33. The summed E-state index contributed by atoms with van der Waals surface area (Å²) in [6, 6.07) is 5.63. The predicted octanol–water partition coefficient (Wildman–Crippen LogP) is 3.07. The molecule has 1 unspecified atom stereocenters. The quantitative estimate of drug-likeness (QED) is 0.867. The number of rotatable bonds is 4. The van der Waals surface area contributed by atoms with E-state index in [0.717, 1.165) is 0 Å². The average molecular weight is 234 g/mol. The zero-order chi connectivity index (χ0) is 12.2. The number of aliphatic hydroxyl groups excluding tert-OH is 1. The molecule has 0 fully saturated rings. The fraction of sp³-hybridized carbons (Fsp3) is 0.455. The third-order valence-corrected chi connectivity index (χ3v) is 1.99. The van der Waals surface area contributed by atoms with Gasteiger partial charge in [0.2, 0.25) is 0 Å². The topological polar surface area (TPSA) is 29.5 Å². The molecule has 1 aromatic carbocycles. The molecule has 0 aliphatic rings. The Hall–Kier alpha value is -1.23. The molecule has 1 rings (SSSR count). The first-order chi connectivity index (χ1) is 7.46. The summed E-state index contributed by atoms with van der Waals surface area (Å²) in [5.74, 6) is 0.0779. The van der Waals surface area contributed by atoms with Gasteiger partial charge in [-0.2, -0.15) is 13.2 Å². The second kappa shape index (κ2) is 5.21. The summed E-state index contributed by atoms with van der Waals surface area (Å²) in [6.45, 7) is 2.17. The molecule has 16 heavy (non-hydrogen) atoms. The van der Waals surface area contributed by atoms with E-state index in [9.17, 15) is 13.2 Å². The minimum absolute atomic E-state index is 0.0779. The van der Waals surface area contributed by atoms with Crippen LogP contribution in [-0.2, 0) is 0 Å². The zero-order valence-electron chi connectivity index (χ0n) is 8.79. The number of aliphatic hydroxyl groups is 1. The van der Waals surface area contributed by atoms with E-state index < -0.39 is 12.3 Å². The lowest BCUT2D eigenvalue weighted by atomic mass is 10.1. The van der Waals surface area contributed by atoms with Gasteiger partial charge in [-0.15, -0.1) is 0 Å². The number of benzene rings is 1. The highest BCUT2D eigenvalue weighted by molar-refractivity contribution is 5.35. The SMILES string of the molecule is CCCOc1ccccc1C(O)C(F)(F)F. The Morgan fingerprint density at radius 3 is 2.50 bits per heavy atom. The summed E-state index contributed by atoms with van der Waals surface area (Å²) >= 11 is 0. The van der Waals surface area contributed by atoms with Crippen molar-refractivity contribution in [1.82, 2.24) is 0 Å². The van der Waals surface area contributed by atoms with Gasteiger partial charge in [0.25, 0.3) is 0 Å². The molecule has 0 bridgehead atoms. The first kappa shape index (κ1) is 12.8. The zero-order valence-corrected chi connectivity index (χ0v) is 8.79. The molecule has 1 N–H and O–H groups in total. The number of hydrogen-bond acceptors (Lipinski definition) is 2. The maximum atomic E-state index is 12.3. The largest absolute Gasteiger partial charge is 0.493 e. The number of alkyl halides is 3. The van der Waals surface area contributed by atoms with Crippen molar-refractivity contribution in [1.29, 1.82) is 0 Å². The first-order valence-electron chi connectivity index (χ1n) is 4.93. The lowest BCUT2D eigenvalue weighted by Gasteiger charge is -2.18. The van der Waals surface area contributed by atoms with Crippen molar-refractivity contribution in [2.75, 3.05) is 6.61 Å². The van der Waals surface area contributed by atoms with E-state index in [1.807, 2.05) is 6.92 Å². The summed E-state index contributed by atoms with van der Waals surface area (Å²) < 4.78 is 42.1. The molecule has 1 atom stereocenters. The van der Waals surface area contributed by atoms with Gasteiger partial charge in [-0.1, -0.05) is 25.1 Å². The first-order valence-corrected chi connectivity index (χ1v) is 4.93. The van der Waals surface area contributed by atoms with Crippen molar-refractivity contribution in [3.63, 3.8) is 0 Å². The lowest BCUT2D eigenvalue weighted by molar-refractivity contribution is -0.207. The van der Waals surface area contributed by atoms with Crippen LogP contribution in [0.3, 0.4) is 0 Å². The standard InChI is InChI=1S/C11H13F3O2/c1-2-7-16-9-6-4-3-5-8(9)10(15)11(12,13)14/h3-6,10,15H,2,7H2,1H3. The molecule has 0 spiro atoms. The Labute approximate surface area is 91.7 Å². The molecule has 0 amide bonds. The van der Waals surface area contributed by atoms with Gasteiger partial charge >= 0.3 is 6.18 Å². The third-order valence-electron chi connectivity index (χ3n) is 1.99. The smallest absolute Gasteiger partial charge is 0.418 e. The van der Waals surface area contributed by atoms with E-state index in [4.69, 9.17) is 9.84 Å². The number of para-hydroxylation sites is 1. The van der Waals surface area contributed by atoms with Crippen molar-refractivity contribution in [3.8, 4) is 5.75 Å². The Balaban J connectivity index is 2.94. The summed E-state index contributed by atoms with van der Waals surface area (Å²) in [6.07, 6.45) is -6.48. The van der Waals surface area contributed by atoms with Gasteiger partial charge in [-0.3, -0.25) is 0 Å². The van der Waals surface area contributed by atoms with Gasteiger partial charge in [-0.25, -0.2) is 0 Å². The van der Waals surface area contributed by atoms with E-state index in [1.165, 1.54) is 18.2 Å². The number of halogens is 3. The molecule has 0 heterocycles. The minimum Gasteiger partial charge on any atom is -0.493 e. The van der Waals surface area contributed by atoms with Crippen LogP contribution < -0.4 is 4.74 Å². The summed E-state index contributed by atoms with van der Waals surface area (Å²) in [7, 11) is 0. The van der Waals surface area contributed by atoms with Crippen LogP contribution in [-0.4, -0.2) is 17.9 Å². The third kappa shape index (κ3) is 3.13.